The number of rotatable bonds is 6. The SMILES string of the molecule is CC1([CH2][Al]([CH2]C2(C)CCCC2)[CH2]C2(C)CCCC2)CCCC1. The Hall–Kier alpha value is 0.532. The fourth-order valence-corrected chi connectivity index (χ4v) is 12.4. The quantitative estimate of drug-likeness (QED) is 0.453. The van der Waals surface area contributed by atoms with Gasteiger partial charge in [0.2, 0.25) is 0 Å². The molecule has 0 aromatic heterocycles. The Bertz CT molecular complexity index is 297. The van der Waals surface area contributed by atoms with E-state index in [9.17, 15) is 0 Å². The minimum atomic E-state index is -0.595. The largest absolute Gasteiger partial charge is 0.263 e. The molecule has 3 saturated carbocycles. The van der Waals surface area contributed by atoms with Crippen LogP contribution in [-0.4, -0.2) is 14.1 Å². The van der Waals surface area contributed by atoms with E-state index < -0.39 is 14.1 Å². The molecule has 0 saturated heterocycles. The van der Waals surface area contributed by atoms with Gasteiger partial charge >= 0.3 is 0 Å². The predicted octanol–water partition coefficient (Wildman–Crippen LogP) is 7.22. The maximum absolute atomic E-state index is 2.65. The molecule has 0 nitrogen and oxygen atoms in total. The topological polar surface area (TPSA) is 0 Å². The third kappa shape index (κ3) is 4.33. The highest BCUT2D eigenvalue weighted by molar-refractivity contribution is 6.59. The van der Waals surface area contributed by atoms with Crippen LogP contribution in [-0.2, 0) is 0 Å². The van der Waals surface area contributed by atoms with Crippen molar-refractivity contribution in [3.05, 3.63) is 0 Å². The van der Waals surface area contributed by atoms with E-state index >= 15 is 0 Å². The van der Waals surface area contributed by atoms with Gasteiger partial charge in [-0.25, -0.2) is 0 Å². The normalized spacial score (nSPS) is 29.0. The highest BCUT2D eigenvalue weighted by Gasteiger charge is 2.42. The molecule has 1 heteroatoms. The Balaban J connectivity index is 1.66. The third-order valence-electron chi connectivity index (χ3n) is 7.78. The Morgan fingerprint density at radius 1 is 0.500 bits per heavy atom. The molecule has 0 aromatic rings. The summed E-state index contributed by atoms with van der Waals surface area (Å²) in [6.07, 6.45) is 18.4. The van der Waals surface area contributed by atoms with Crippen LogP contribution >= 0.6 is 0 Å². The van der Waals surface area contributed by atoms with Crippen molar-refractivity contribution in [2.75, 3.05) is 0 Å². The van der Waals surface area contributed by atoms with Crippen molar-refractivity contribution in [3.8, 4) is 0 Å². The van der Waals surface area contributed by atoms with E-state index in [0.29, 0.717) is 0 Å². The fraction of sp³-hybridized carbons (Fsp3) is 1.00. The van der Waals surface area contributed by atoms with Crippen molar-refractivity contribution in [2.24, 2.45) is 16.2 Å². The van der Waals surface area contributed by atoms with Crippen LogP contribution in [0.4, 0.5) is 0 Å². The van der Waals surface area contributed by atoms with E-state index in [4.69, 9.17) is 0 Å². The Labute approximate surface area is 144 Å². The molecule has 3 fully saturated rings. The van der Waals surface area contributed by atoms with Gasteiger partial charge in [0.25, 0.3) is 14.1 Å². The second-order valence-corrected chi connectivity index (χ2v) is 13.5. The molecule has 3 rings (SSSR count). The summed E-state index contributed by atoms with van der Waals surface area (Å²) in [5.74, 6) is 0. The molecule has 0 aliphatic heterocycles. The van der Waals surface area contributed by atoms with E-state index in [1.807, 2.05) is 0 Å². The second kappa shape index (κ2) is 6.80. The molecule has 0 amide bonds. The first-order chi connectivity index (χ1) is 10.4. The molecule has 0 atom stereocenters. The van der Waals surface area contributed by atoms with Gasteiger partial charge in [0.15, 0.2) is 0 Å². The van der Waals surface area contributed by atoms with Crippen molar-refractivity contribution >= 4 is 14.1 Å². The predicted molar refractivity (Wildman–Crippen MR) is 99.9 cm³/mol. The average Bonchev–Trinajstić information content (AvgIpc) is 3.13. The van der Waals surface area contributed by atoms with Crippen molar-refractivity contribution in [3.63, 3.8) is 0 Å². The van der Waals surface area contributed by atoms with E-state index in [2.05, 4.69) is 20.8 Å². The third-order valence-corrected chi connectivity index (χ3v) is 12.5. The van der Waals surface area contributed by atoms with Crippen LogP contribution in [0.15, 0.2) is 0 Å². The lowest BCUT2D eigenvalue weighted by molar-refractivity contribution is 0.338. The molecule has 0 spiro atoms. The average molecular weight is 319 g/mol. The van der Waals surface area contributed by atoms with Crippen LogP contribution in [0.5, 0.6) is 0 Å². The van der Waals surface area contributed by atoms with Crippen LogP contribution in [0.3, 0.4) is 0 Å². The standard InChI is InChI=1S/3C7H13.Al/c3*1-7(2)5-3-4-6-7;/h3*1,3-6H2,2H3;. The zero-order valence-corrected chi connectivity index (χ0v) is 16.8. The summed E-state index contributed by atoms with van der Waals surface area (Å²) < 4.78 is 0. The number of hydrogen-bond donors (Lipinski definition) is 0. The lowest BCUT2D eigenvalue weighted by atomic mass is 9.90. The van der Waals surface area contributed by atoms with Crippen LogP contribution in [0.1, 0.15) is 97.8 Å². The van der Waals surface area contributed by atoms with Gasteiger partial charge in [-0.3, -0.25) is 0 Å². The van der Waals surface area contributed by atoms with Gasteiger partial charge in [-0.1, -0.05) is 75.1 Å². The van der Waals surface area contributed by atoms with Gasteiger partial charge in [0, 0.05) is 0 Å². The molecule has 3 aliphatic carbocycles. The van der Waals surface area contributed by atoms with Gasteiger partial charge in [0.05, 0.1) is 0 Å². The zero-order valence-electron chi connectivity index (χ0n) is 15.7. The molecule has 0 unspecified atom stereocenters. The van der Waals surface area contributed by atoms with Gasteiger partial charge in [-0.05, 0) is 54.8 Å². The molecule has 0 bridgehead atoms. The molecule has 0 heterocycles. The molecule has 0 N–H and O–H groups in total. The molecule has 0 radical (unpaired) electrons. The highest BCUT2D eigenvalue weighted by Crippen LogP contribution is 2.51. The maximum atomic E-state index is 2.65. The van der Waals surface area contributed by atoms with Crippen LogP contribution in [0, 0.1) is 16.2 Å². The smallest absolute Gasteiger partial charge is 0.0884 e. The minimum absolute atomic E-state index is 0.595. The van der Waals surface area contributed by atoms with Gasteiger partial charge in [-0.2, -0.15) is 0 Å². The highest BCUT2D eigenvalue weighted by atomic mass is 27.2. The Morgan fingerprint density at radius 3 is 0.955 bits per heavy atom. The molecule has 126 valence electrons. The summed E-state index contributed by atoms with van der Waals surface area (Å²) in [6.45, 7) is 7.94. The number of hydrogen-bond acceptors (Lipinski definition) is 0. The summed E-state index contributed by atoms with van der Waals surface area (Å²) in [7, 11) is 0. The van der Waals surface area contributed by atoms with Crippen LogP contribution in [0.2, 0.25) is 15.8 Å². The van der Waals surface area contributed by atoms with E-state index in [1.54, 1.807) is 54.4 Å². The van der Waals surface area contributed by atoms with Crippen molar-refractivity contribution in [1.29, 1.82) is 0 Å². The minimum Gasteiger partial charge on any atom is -0.0884 e. The van der Waals surface area contributed by atoms with E-state index in [-0.39, 0.29) is 0 Å². The summed E-state index contributed by atoms with van der Waals surface area (Å²) in [4.78, 5) is 0. The first kappa shape index (κ1) is 17.4. The summed E-state index contributed by atoms with van der Waals surface area (Å²) >= 11 is -0.595. The first-order valence-electron chi connectivity index (χ1n) is 10.4. The lowest BCUT2D eigenvalue weighted by Crippen LogP contribution is -2.32. The molecular formula is C21H39Al. The molecule has 0 aromatic carbocycles. The Kier molecular flexibility index (Phi) is 5.37. The van der Waals surface area contributed by atoms with Crippen molar-refractivity contribution in [1.82, 2.24) is 0 Å². The fourth-order valence-electron chi connectivity index (χ4n) is 6.61. The molecule has 3 aliphatic rings. The zero-order chi connectivity index (χ0) is 15.7. The van der Waals surface area contributed by atoms with Crippen LogP contribution < -0.4 is 0 Å². The monoisotopic (exact) mass is 318 g/mol. The van der Waals surface area contributed by atoms with Crippen molar-refractivity contribution < 1.29 is 0 Å². The van der Waals surface area contributed by atoms with Gasteiger partial charge < -0.3 is 0 Å². The lowest BCUT2D eigenvalue weighted by Gasteiger charge is -2.36. The van der Waals surface area contributed by atoms with Gasteiger partial charge in [0.1, 0.15) is 0 Å². The van der Waals surface area contributed by atoms with E-state index in [0.717, 1.165) is 16.2 Å². The van der Waals surface area contributed by atoms with Crippen molar-refractivity contribution in [2.45, 2.75) is 114 Å². The maximum Gasteiger partial charge on any atom is 0.263 e. The second-order valence-electron chi connectivity index (χ2n) is 10.5. The van der Waals surface area contributed by atoms with Gasteiger partial charge in [-0.15, -0.1) is 0 Å². The van der Waals surface area contributed by atoms with E-state index in [1.165, 1.54) is 38.5 Å². The molecule has 22 heavy (non-hydrogen) atoms. The summed E-state index contributed by atoms with van der Waals surface area (Å²) in [6, 6.07) is 0. The Morgan fingerprint density at radius 2 is 0.727 bits per heavy atom. The molecular weight excluding hydrogens is 279 g/mol. The first-order valence-corrected chi connectivity index (χ1v) is 12.9. The summed E-state index contributed by atoms with van der Waals surface area (Å²) in [5.41, 5.74) is 2.25. The van der Waals surface area contributed by atoms with Crippen LogP contribution in [0.25, 0.3) is 0 Å². The summed E-state index contributed by atoms with van der Waals surface area (Å²) in [5, 5.41) is 5.04.